The van der Waals surface area contributed by atoms with Crippen LogP contribution in [0.25, 0.3) is 0 Å². The first-order valence-corrected chi connectivity index (χ1v) is 6.02. The van der Waals surface area contributed by atoms with Gasteiger partial charge >= 0.3 is 6.36 Å². The molecule has 1 aromatic carbocycles. The highest BCUT2D eigenvalue weighted by Crippen LogP contribution is 2.33. The first-order valence-electron chi connectivity index (χ1n) is 5.58. The molecule has 3 unspecified atom stereocenters. The predicted octanol–water partition coefficient (Wildman–Crippen LogP) is 3.36. The number of benzene rings is 1. The van der Waals surface area contributed by atoms with Crippen molar-refractivity contribution in [3.63, 3.8) is 0 Å². The fourth-order valence-corrected chi connectivity index (χ4v) is 2.28. The van der Waals surface area contributed by atoms with Gasteiger partial charge in [-0.25, -0.2) is 0 Å². The molecule has 0 amide bonds. The van der Waals surface area contributed by atoms with Crippen molar-refractivity contribution in [1.29, 1.82) is 0 Å². The molecule has 2 rings (SSSR count). The summed E-state index contributed by atoms with van der Waals surface area (Å²) in [6, 6.07) is 5.22. The van der Waals surface area contributed by atoms with Gasteiger partial charge < -0.3 is 14.2 Å². The molecule has 1 fully saturated rings. The molecule has 19 heavy (non-hydrogen) atoms. The lowest BCUT2D eigenvalue weighted by Crippen LogP contribution is -2.52. The minimum atomic E-state index is -4.69. The van der Waals surface area contributed by atoms with Crippen LogP contribution in [0.4, 0.5) is 13.2 Å². The van der Waals surface area contributed by atoms with Crippen LogP contribution in [0.3, 0.4) is 0 Å². The van der Waals surface area contributed by atoms with Crippen molar-refractivity contribution >= 4 is 11.6 Å². The monoisotopic (exact) mass is 296 g/mol. The molecule has 0 heterocycles. The van der Waals surface area contributed by atoms with E-state index in [9.17, 15) is 13.2 Å². The summed E-state index contributed by atoms with van der Waals surface area (Å²) in [6.07, 6.45) is -4.43. The van der Waals surface area contributed by atoms with Gasteiger partial charge in [0.15, 0.2) is 0 Å². The van der Waals surface area contributed by atoms with Crippen molar-refractivity contribution in [2.75, 3.05) is 7.11 Å². The fraction of sp³-hybridized carbons (Fsp3) is 0.500. The van der Waals surface area contributed by atoms with E-state index in [0.717, 1.165) is 0 Å². The van der Waals surface area contributed by atoms with E-state index < -0.39 is 6.36 Å². The molecule has 1 aliphatic rings. The molecule has 7 heteroatoms. The van der Waals surface area contributed by atoms with Gasteiger partial charge in [-0.15, -0.1) is 24.8 Å². The molecule has 0 bridgehead atoms. The minimum absolute atomic E-state index is 0.0946. The van der Waals surface area contributed by atoms with E-state index in [1.807, 2.05) is 0 Å². The Bertz CT molecular complexity index is 421. The van der Waals surface area contributed by atoms with Gasteiger partial charge in [-0.3, -0.25) is 0 Å². The van der Waals surface area contributed by atoms with E-state index in [1.165, 1.54) is 31.4 Å². The lowest BCUT2D eigenvalue weighted by Gasteiger charge is -2.39. The molecule has 1 saturated carbocycles. The van der Waals surface area contributed by atoms with E-state index in [1.54, 1.807) is 0 Å². The van der Waals surface area contributed by atoms with Gasteiger partial charge in [0.05, 0.1) is 5.38 Å². The molecule has 0 aliphatic heterocycles. The highest BCUT2D eigenvalue weighted by molar-refractivity contribution is 6.21. The second kappa shape index (κ2) is 5.46. The largest absolute Gasteiger partial charge is 0.573 e. The molecule has 3 nitrogen and oxygen atoms in total. The average molecular weight is 297 g/mol. The van der Waals surface area contributed by atoms with E-state index in [2.05, 4.69) is 4.74 Å². The minimum Gasteiger partial charge on any atom is -0.488 e. The van der Waals surface area contributed by atoms with Crippen molar-refractivity contribution in [3.05, 3.63) is 24.3 Å². The van der Waals surface area contributed by atoms with Crippen LogP contribution in [0.1, 0.15) is 6.42 Å². The molecule has 0 aromatic heterocycles. The number of methoxy groups -OCH3 is 1. The summed E-state index contributed by atoms with van der Waals surface area (Å²) in [5.74, 6) is 0.164. The Kier molecular flexibility index (Phi) is 4.10. The zero-order chi connectivity index (χ0) is 14.0. The molecule has 0 saturated heterocycles. The number of ether oxygens (including phenoxy) is 3. The van der Waals surface area contributed by atoms with Crippen molar-refractivity contribution in [2.24, 2.45) is 0 Å². The maximum Gasteiger partial charge on any atom is 0.573 e. The second-order valence-electron chi connectivity index (χ2n) is 4.13. The van der Waals surface area contributed by atoms with E-state index in [0.29, 0.717) is 12.2 Å². The summed E-state index contributed by atoms with van der Waals surface area (Å²) in [5, 5.41) is -0.0946. The summed E-state index contributed by atoms with van der Waals surface area (Å²) < 4.78 is 50.4. The summed E-state index contributed by atoms with van der Waals surface area (Å²) in [4.78, 5) is 0. The Balaban J connectivity index is 1.92. The van der Waals surface area contributed by atoms with E-state index in [-0.39, 0.29) is 23.3 Å². The molecule has 0 spiro atoms. The van der Waals surface area contributed by atoms with Crippen LogP contribution in [0.2, 0.25) is 0 Å². The maximum atomic E-state index is 12.0. The third kappa shape index (κ3) is 3.67. The lowest BCUT2D eigenvalue weighted by molar-refractivity contribution is -0.274. The third-order valence-electron chi connectivity index (χ3n) is 2.80. The summed E-state index contributed by atoms with van der Waals surface area (Å²) in [6.45, 7) is 0. The first-order chi connectivity index (χ1) is 8.89. The van der Waals surface area contributed by atoms with E-state index >= 15 is 0 Å². The Hall–Kier alpha value is -1.14. The average Bonchev–Trinajstić information content (AvgIpc) is 2.29. The molecule has 1 aromatic rings. The van der Waals surface area contributed by atoms with Crippen molar-refractivity contribution in [3.8, 4) is 11.5 Å². The van der Waals surface area contributed by atoms with E-state index in [4.69, 9.17) is 21.1 Å². The van der Waals surface area contributed by atoms with Gasteiger partial charge in [-0.2, -0.15) is 0 Å². The van der Waals surface area contributed by atoms with Gasteiger partial charge in [-0.05, 0) is 24.3 Å². The number of rotatable bonds is 4. The molecular formula is C12H12ClF3O3. The summed E-state index contributed by atoms with van der Waals surface area (Å²) >= 11 is 5.92. The van der Waals surface area contributed by atoms with Gasteiger partial charge in [0.1, 0.15) is 23.7 Å². The van der Waals surface area contributed by atoms with Crippen molar-refractivity contribution in [2.45, 2.75) is 30.4 Å². The van der Waals surface area contributed by atoms with Crippen molar-refractivity contribution < 1.29 is 27.4 Å². The Morgan fingerprint density at radius 1 is 1.16 bits per heavy atom. The number of halogens is 4. The van der Waals surface area contributed by atoms with Crippen LogP contribution in [0, 0.1) is 0 Å². The smallest absolute Gasteiger partial charge is 0.488 e. The van der Waals surface area contributed by atoms with Crippen LogP contribution in [0.5, 0.6) is 11.5 Å². The Labute approximate surface area is 113 Å². The molecule has 0 radical (unpaired) electrons. The molecule has 0 N–H and O–H groups in total. The molecule has 1 aliphatic carbocycles. The predicted molar refractivity (Wildman–Crippen MR) is 62.6 cm³/mol. The first kappa shape index (κ1) is 14.3. The normalized spacial score (nSPS) is 26.7. The van der Waals surface area contributed by atoms with Gasteiger partial charge in [0.25, 0.3) is 0 Å². The highest BCUT2D eigenvalue weighted by atomic mass is 35.5. The standard InChI is InChI=1S/C12H12ClF3O3/c1-17-11-9(13)6-10(11)18-7-2-4-8(5-3-7)19-12(14,15)16/h2-5,9-11H,6H2,1H3. The number of hydrogen-bond donors (Lipinski definition) is 0. The summed E-state index contributed by atoms with van der Waals surface area (Å²) in [5.41, 5.74) is 0. The summed E-state index contributed by atoms with van der Waals surface area (Å²) in [7, 11) is 1.54. The molecule has 3 atom stereocenters. The van der Waals surface area contributed by atoms with Crippen LogP contribution < -0.4 is 9.47 Å². The van der Waals surface area contributed by atoms with Gasteiger partial charge in [0, 0.05) is 13.5 Å². The van der Waals surface area contributed by atoms with Crippen LogP contribution in [-0.4, -0.2) is 31.1 Å². The Morgan fingerprint density at radius 2 is 1.74 bits per heavy atom. The number of alkyl halides is 4. The van der Waals surface area contributed by atoms with Gasteiger partial charge in [0.2, 0.25) is 0 Å². The highest BCUT2D eigenvalue weighted by Gasteiger charge is 2.42. The topological polar surface area (TPSA) is 27.7 Å². The molecule has 106 valence electrons. The SMILES string of the molecule is COC1C(Cl)CC1Oc1ccc(OC(F)(F)F)cc1. The second-order valence-corrected chi connectivity index (χ2v) is 4.69. The van der Waals surface area contributed by atoms with Crippen LogP contribution in [0.15, 0.2) is 24.3 Å². The van der Waals surface area contributed by atoms with Gasteiger partial charge in [-0.1, -0.05) is 0 Å². The Morgan fingerprint density at radius 3 is 2.21 bits per heavy atom. The maximum absolute atomic E-state index is 12.0. The van der Waals surface area contributed by atoms with Crippen LogP contribution >= 0.6 is 11.6 Å². The fourth-order valence-electron chi connectivity index (χ4n) is 1.84. The van der Waals surface area contributed by atoms with Crippen LogP contribution in [-0.2, 0) is 4.74 Å². The zero-order valence-corrected chi connectivity index (χ0v) is 10.7. The quantitative estimate of drug-likeness (QED) is 0.798. The van der Waals surface area contributed by atoms with Crippen molar-refractivity contribution in [1.82, 2.24) is 0 Å². The molecular weight excluding hydrogens is 285 g/mol. The lowest BCUT2D eigenvalue weighted by atomic mass is 9.91. The third-order valence-corrected chi connectivity index (χ3v) is 3.22. The number of hydrogen-bond acceptors (Lipinski definition) is 3. The zero-order valence-electron chi connectivity index (χ0n) is 9.99.